The van der Waals surface area contributed by atoms with Gasteiger partial charge in [0.15, 0.2) is 0 Å². The summed E-state index contributed by atoms with van der Waals surface area (Å²) in [4.78, 5) is 4.01. The third-order valence-corrected chi connectivity index (χ3v) is 3.09. The summed E-state index contributed by atoms with van der Waals surface area (Å²) in [5.41, 5.74) is 9.37. The van der Waals surface area contributed by atoms with Gasteiger partial charge in [-0.2, -0.15) is 5.10 Å². The van der Waals surface area contributed by atoms with E-state index < -0.39 is 0 Å². The van der Waals surface area contributed by atoms with Crippen molar-refractivity contribution in [1.29, 1.82) is 0 Å². The number of nitrogens with two attached hydrogens (primary N) is 1. The Morgan fingerprint density at radius 2 is 2.06 bits per heavy atom. The Hall–Kier alpha value is -1.84. The molecule has 0 saturated heterocycles. The molecule has 0 atom stereocenters. The molecule has 2 N–H and O–H groups in total. The number of aryl methyl sites for hydroxylation is 4. The minimum absolute atomic E-state index is 0.589. The number of anilines is 1. The third kappa shape index (κ3) is 2.88. The maximum atomic E-state index is 5.68. The first-order valence-electron chi connectivity index (χ1n) is 6.49. The van der Waals surface area contributed by atoms with Gasteiger partial charge in [0, 0.05) is 18.4 Å². The van der Waals surface area contributed by atoms with Gasteiger partial charge in [0.2, 0.25) is 0 Å². The summed E-state index contributed by atoms with van der Waals surface area (Å²) in [6.07, 6.45) is 4.72. The van der Waals surface area contributed by atoms with E-state index in [-0.39, 0.29) is 0 Å². The van der Waals surface area contributed by atoms with Crippen LogP contribution in [-0.2, 0) is 25.8 Å². The van der Waals surface area contributed by atoms with Crippen molar-refractivity contribution >= 4 is 5.82 Å². The predicted molar refractivity (Wildman–Crippen MR) is 73.3 cm³/mol. The molecule has 4 nitrogen and oxygen atoms in total. The van der Waals surface area contributed by atoms with Crippen molar-refractivity contribution in [2.45, 2.75) is 39.7 Å². The van der Waals surface area contributed by atoms with Crippen molar-refractivity contribution in [3.05, 3.63) is 41.3 Å². The molecule has 0 bridgehead atoms. The zero-order valence-corrected chi connectivity index (χ0v) is 11.1. The van der Waals surface area contributed by atoms with Gasteiger partial charge in [0.1, 0.15) is 5.82 Å². The van der Waals surface area contributed by atoms with Gasteiger partial charge >= 0.3 is 0 Å². The molecule has 4 heteroatoms. The van der Waals surface area contributed by atoms with Crippen LogP contribution in [0.1, 0.15) is 30.8 Å². The maximum absolute atomic E-state index is 5.68. The molecule has 0 aliphatic heterocycles. The zero-order chi connectivity index (χ0) is 13.0. The summed E-state index contributed by atoms with van der Waals surface area (Å²) in [5, 5.41) is 4.56. The molecular formula is C14H20N4. The number of rotatable bonds is 5. The standard InChI is InChI=1S/C14H20N4/c1-3-12-10-13(18(4-2)17-12)6-5-11-7-8-16-14(15)9-11/h7-10H,3-6H2,1-2H3,(H2,15,16). The minimum Gasteiger partial charge on any atom is -0.384 e. The molecule has 0 saturated carbocycles. The molecule has 2 rings (SSSR count). The molecular weight excluding hydrogens is 224 g/mol. The van der Waals surface area contributed by atoms with Gasteiger partial charge in [-0.15, -0.1) is 0 Å². The van der Waals surface area contributed by atoms with Crippen LogP contribution < -0.4 is 5.73 Å². The van der Waals surface area contributed by atoms with Gasteiger partial charge in [0.25, 0.3) is 0 Å². The van der Waals surface area contributed by atoms with Gasteiger partial charge in [-0.05, 0) is 49.9 Å². The van der Waals surface area contributed by atoms with Crippen LogP contribution in [0.5, 0.6) is 0 Å². The molecule has 2 aromatic heterocycles. The Morgan fingerprint density at radius 3 is 2.72 bits per heavy atom. The van der Waals surface area contributed by atoms with Crippen LogP contribution in [0.4, 0.5) is 5.82 Å². The van der Waals surface area contributed by atoms with E-state index in [0.717, 1.165) is 25.8 Å². The molecule has 2 heterocycles. The summed E-state index contributed by atoms with van der Waals surface area (Å²) in [7, 11) is 0. The lowest BCUT2D eigenvalue weighted by atomic mass is 10.1. The monoisotopic (exact) mass is 244 g/mol. The van der Waals surface area contributed by atoms with Crippen LogP contribution in [0.2, 0.25) is 0 Å². The number of nitrogen functional groups attached to an aromatic ring is 1. The van der Waals surface area contributed by atoms with Gasteiger partial charge in [-0.25, -0.2) is 4.98 Å². The fourth-order valence-electron chi connectivity index (χ4n) is 2.09. The summed E-state index contributed by atoms with van der Waals surface area (Å²) in [6, 6.07) is 6.16. The minimum atomic E-state index is 0.589. The molecule has 0 fully saturated rings. The molecule has 0 amide bonds. The molecule has 0 aliphatic rings. The van der Waals surface area contributed by atoms with E-state index in [1.54, 1.807) is 6.20 Å². The molecule has 0 unspecified atom stereocenters. The highest BCUT2D eigenvalue weighted by atomic mass is 15.3. The van der Waals surface area contributed by atoms with Crippen LogP contribution in [0.25, 0.3) is 0 Å². The number of hydrogen-bond acceptors (Lipinski definition) is 3. The normalized spacial score (nSPS) is 10.8. The van der Waals surface area contributed by atoms with Crippen LogP contribution in [0.3, 0.4) is 0 Å². The predicted octanol–water partition coefficient (Wildman–Crippen LogP) is 2.23. The molecule has 0 radical (unpaired) electrons. The highest BCUT2D eigenvalue weighted by molar-refractivity contribution is 5.32. The Kier molecular flexibility index (Phi) is 3.97. The Morgan fingerprint density at radius 1 is 1.22 bits per heavy atom. The average Bonchev–Trinajstić information content (AvgIpc) is 2.79. The van der Waals surface area contributed by atoms with E-state index in [2.05, 4.69) is 34.7 Å². The SMILES string of the molecule is CCc1cc(CCc2ccnc(N)c2)n(CC)n1. The average molecular weight is 244 g/mol. The van der Waals surface area contributed by atoms with Gasteiger partial charge in [-0.1, -0.05) is 6.92 Å². The van der Waals surface area contributed by atoms with Gasteiger partial charge in [-0.3, -0.25) is 4.68 Å². The van der Waals surface area contributed by atoms with E-state index in [0.29, 0.717) is 5.82 Å². The smallest absolute Gasteiger partial charge is 0.123 e. The fourth-order valence-corrected chi connectivity index (χ4v) is 2.09. The van der Waals surface area contributed by atoms with Crippen molar-refractivity contribution < 1.29 is 0 Å². The number of hydrogen-bond donors (Lipinski definition) is 1. The summed E-state index contributed by atoms with van der Waals surface area (Å²) >= 11 is 0. The first-order chi connectivity index (χ1) is 8.72. The number of pyridine rings is 1. The van der Waals surface area contributed by atoms with Gasteiger partial charge in [0.05, 0.1) is 5.69 Å². The molecule has 0 aromatic carbocycles. The van der Waals surface area contributed by atoms with Crippen molar-refractivity contribution in [1.82, 2.24) is 14.8 Å². The van der Waals surface area contributed by atoms with Crippen LogP contribution in [0, 0.1) is 0 Å². The number of nitrogens with zero attached hydrogens (tertiary/aromatic N) is 3. The van der Waals surface area contributed by atoms with E-state index in [1.807, 2.05) is 12.1 Å². The molecule has 2 aromatic rings. The van der Waals surface area contributed by atoms with Crippen molar-refractivity contribution in [2.75, 3.05) is 5.73 Å². The van der Waals surface area contributed by atoms with Crippen molar-refractivity contribution in [3.63, 3.8) is 0 Å². The fraction of sp³-hybridized carbons (Fsp3) is 0.429. The Bertz CT molecular complexity index is 516. The van der Waals surface area contributed by atoms with E-state index >= 15 is 0 Å². The van der Waals surface area contributed by atoms with Crippen molar-refractivity contribution in [3.8, 4) is 0 Å². The first-order valence-corrected chi connectivity index (χ1v) is 6.49. The lowest BCUT2D eigenvalue weighted by molar-refractivity contribution is 0.611. The summed E-state index contributed by atoms with van der Waals surface area (Å²) < 4.78 is 2.09. The third-order valence-electron chi connectivity index (χ3n) is 3.09. The second-order valence-corrected chi connectivity index (χ2v) is 4.39. The van der Waals surface area contributed by atoms with E-state index in [1.165, 1.54) is 17.0 Å². The Labute approximate surface area is 108 Å². The molecule has 96 valence electrons. The topological polar surface area (TPSA) is 56.7 Å². The van der Waals surface area contributed by atoms with Crippen LogP contribution >= 0.6 is 0 Å². The quantitative estimate of drug-likeness (QED) is 0.877. The highest BCUT2D eigenvalue weighted by Gasteiger charge is 2.06. The van der Waals surface area contributed by atoms with E-state index in [9.17, 15) is 0 Å². The van der Waals surface area contributed by atoms with Crippen LogP contribution in [0.15, 0.2) is 24.4 Å². The second-order valence-electron chi connectivity index (χ2n) is 4.39. The Balaban J connectivity index is 2.07. The van der Waals surface area contributed by atoms with E-state index in [4.69, 9.17) is 5.73 Å². The van der Waals surface area contributed by atoms with Crippen molar-refractivity contribution in [2.24, 2.45) is 0 Å². The largest absolute Gasteiger partial charge is 0.384 e. The molecule has 0 aliphatic carbocycles. The summed E-state index contributed by atoms with van der Waals surface area (Å²) in [5.74, 6) is 0.589. The maximum Gasteiger partial charge on any atom is 0.123 e. The zero-order valence-electron chi connectivity index (χ0n) is 11.1. The molecule has 0 spiro atoms. The first kappa shape index (κ1) is 12.6. The molecule has 18 heavy (non-hydrogen) atoms. The number of aromatic nitrogens is 3. The lowest BCUT2D eigenvalue weighted by Crippen LogP contribution is -2.04. The van der Waals surface area contributed by atoms with Crippen LogP contribution in [-0.4, -0.2) is 14.8 Å². The summed E-state index contributed by atoms with van der Waals surface area (Å²) in [6.45, 7) is 5.18. The lowest BCUT2D eigenvalue weighted by Gasteiger charge is -2.05. The highest BCUT2D eigenvalue weighted by Crippen LogP contribution is 2.11. The second kappa shape index (κ2) is 5.67. The van der Waals surface area contributed by atoms with Gasteiger partial charge < -0.3 is 5.73 Å².